The summed E-state index contributed by atoms with van der Waals surface area (Å²) in [6.45, 7) is 2.02. The lowest BCUT2D eigenvalue weighted by atomic mass is 9.97. The van der Waals surface area contributed by atoms with Crippen LogP contribution in [0.3, 0.4) is 0 Å². The first kappa shape index (κ1) is 16.6. The molecule has 1 N–H and O–H groups in total. The predicted molar refractivity (Wildman–Crippen MR) is 103 cm³/mol. The van der Waals surface area contributed by atoms with Crippen LogP contribution < -0.4 is 5.56 Å². The Kier molecular flexibility index (Phi) is 4.79. The Labute approximate surface area is 151 Å². The molecule has 4 rings (SSSR count). The molecule has 2 aromatic heterocycles. The smallest absolute Gasteiger partial charge is 0.268 e. The zero-order chi connectivity index (χ0) is 17.2. The average Bonchev–Trinajstić information content (AvgIpc) is 2.91. The number of hydrogen-bond acceptors (Lipinski definition) is 4. The number of aromatic nitrogens is 3. The summed E-state index contributed by atoms with van der Waals surface area (Å²) >= 11 is 1.64. The van der Waals surface area contributed by atoms with Crippen molar-refractivity contribution >= 4 is 22.6 Å². The van der Waals surface area contributed by atoms with Gasteiger partial charge in [0.2, 0.25) is 0 Å². The Hall–Kier alpha value is -1.82. The van der Waals surface area contributed by atoms with Gasteiger partial charge in [0.15, 0.2) is 5.82 Å². The van der Waals surface area contributed by atoms with Gasteiger partial charge in [0.25, 0.3) is 5.56 Å². The summed E-state index contributed by atoms with van der Waals surface area (Å²) in [6, 6.07) is 4.32. The Morgan fingerprint density at radius 2 is 1.96 bits per heavy atom. The number of thioether (sulfide) groups is 1. The Morgan fingerprint density at radius 1 is 1.20 bits per heavy atom. The average molecular weight is 356 g/mol. The van der Waals surface area contributed by atoms with Crippen molar-refractivity contribution < 1.29 is 0 Å². The largest absolute Gasteiger partial charge is 0.271 e. The predicted octanol–water partition coefficient (Wildman–Crippen LogP) is 4.74. The van der Waals surface area contributed by atoms with Gasteiger partial charge in [-0.25, -0.2) is 4.99 Å². The second-order valence-electron chi connectivity index (χ2n) is 6.96. The van der Waals surface area contributed by atoms with Crippen LogP contribution in [0, 0.1) is 0 Å². The Bertz CT molecular complexity index is 816. The lowest BCUT2D eigenvalue weighted by Gasteiger charge is -2.25. The molecule has 132 valence electrons. The van der Waals surface area contributed by atoms with Gasteiger partial charge in [-0.1, -0.05) is 49.9 Å². The highest BCUT2D eigenvalue weighted by Crippen LogP contribution is 2.44. The zero-order valence-corrected chi connectivity index (χ0v) is 15.4. The number of pyridine rings is 1. The Morgan fingerprint density at radius 3 is 2.68 bits per heavy atom. The number of nitrogens with zero attached hydrogens (tertiary/aromatic N) is 3. The summed E-state index contributed by atoms with van der Waals surface area (Å²) < 4.78 is 2.07. The zero-order valence-electron chi connectivity index (χ0n) is 14.6. The maximum absolute atomic E-state index is 12.8. The second-order valence-corrected chi connectivity index (χ2v) is 8.26. The molecule has 25 heavy (non-hydrogen) atoms. The summed E-state index contributed by atoms with van der Waals surface area (Å²) in [5, 5.41) is 4.09. The maximum Gasteiger partial charge on any atom is 0.271 e. The molecule has 0 unspecified atom stereocenters. The van der Waals surface area contributed by atoms with Gasteiger partial charge in [-0.05, 0) is 31.4 Å². The summed E-state index contributed by atoms with van der Waals surface area (Å²) in [7, 11) is 0. The fourth-order valence-electron chi connectivity index (χ4n) is 3.93. The van der Waals surface area contributed by atoms with E-state index in [-0.39, 0.29) is 10.8 Å². The number of aliphatic imine (C=N–C) groups is 1. The van der Waals surface area contributed by atoms with Crippen LogP contribution in [0.1, 0.15) is 74.3 Å². The van der Waals surface area contributed by atoms with Crippen molar-refractivity contribution in [3.63, 3.8) is 0 Å². The minimum Gasteiger partial charge on any atom is -0.268 e. The molecule has 1 saturated carbocycles. The van der Waals surface area contributed by atoms with Crippen LogP contribution in [0.5, 0.6) is 0 Å². The third-order valence-electron chi connectivity index (χ3n) is 5.18. The van der Waals surface area contributed by atoms with Crippen molar-refractivity contribution in [1.82, 2.24) is 14.8 Å². The molecule has 1 aliphatic heterocycles. The fraction of sp³-hybridized carbons (Fsp3) is 0.526. The van der Waals surface area contributed by atoms with E-state index >= 15 is 0 Å². The van der Waals surface area contributed by atoms with Gasteiger partial charge in [-0.2, -0.15) is 0 Å². The molecule has 0 saturated heterocycles. The molecule has 0 aromatic carbocycles. The molecule has 1 aliphatic carbocycles. The molecule has 0 bridgehead atoms. The number of aromatic amines is 1. The van der Waals surface area contributed by atoms with Gasteiger partial charge in [0.1, 0.15) is 0 Å². The molecule has 6 heteroatoms. The first-order chi connectivity index (χ1) is 12.2. The minimum atomic E-state index is -0.0280. The van der Waals surface area contributed by atoms with E-state index in [4.69, 9.17) is 4.99 Å². The van der Waals surface area contributed by atoms with Gasteiger partial charge < -0.3 is 0 Å². The SMILES string of the molecule is CC1=Nc2c(c(=O)[nH]n2C2CCCCCCC2)[C@@H](c2cccnc2)S1. The van der Waals surface area contributed by atoms with Crippen molar-refractivity contribution in [2.45, 2.75) is 63.2 Å². The lowest BCUT2D eigenvalue weighted by molar-refractivity contribution is 0.349. The van der Waals surface area contributed by atoms with Crippen LogP contribution >= 0.6 is 11.8 Å². The summed E-state index contributed by atoms with van der Waals surface area (Å²) in [5.74, 6) is 0.834. The van der Waals surface area contributed by atoms with E-state index in [9.17, 15) is 4.79 Å². The van der Waals surface area contributed by atoms with Crippen LogP contribution in [0.4, 0.5) is 5.82 Å². The number of rotatable bonds is 2. The standard InChI is InChI=1S/C19H24N4OS/c1-13-21-18-16(17(25-13)14-8-7-11-20-12-14)19(24)22-23(18)15-9-5-3-2-4-6-10-15/h7-8,11-12,15,17H,2-6,9-10H2,1H3,(H,22,24)/t17-/m1/s1. The van der Waals surface area contributed by atoms with Gasteiger partial charge in [-0.15, -0.1) is 0 Å². The van der Waals surface area contributed by atoms with E-state index in [0.29, 0.717) is 6.04 Å². The second kappa shape index (κ2) is 7.20. The summed E-state index contributed by atoms with van der Waals surface area (Å²) in [6.07, 6.45) is 12.2. The summed E-state index contributed by atoms with van der Waals surface area (Å²) in [5.41, 5.74) is 1.84. The summed E-state index contributed by atoms with van der Waals surface area (Å²) in [4.78, 5) is 21.8. The first-order valence-corrected chi connectivity index (χ1v) is 10.1. The number of nitrogens with one attached hydrogen (secondary N) is 1. The van der Waals surface area contributed by atoms with E-state index in [0.717, 1.165) is 34.8 Å². The van der Waals surface area contributed by atoms with Gasteiger partial charge in [-0.3, -0.25) is 19.6 Å². The van der Waals surface area contributed by atoms with Crippen molar-refractivity contribution in [3.05, 3.63) is 46.0 Å². The van der Waals surface area contributed by atoms with Crippen molar-refractivity contribution in [2.75, 3.05) is 0 Å². The third-order valence-corrected chi connectivity index (χ3v) is 6.35. The molecule has 0 radical (unpaired) electrons. The monoisotopic (exact) mass is 356 g/mol. The maximum atomic E-state index is 12.8. The molecule has 0 amide bonds. The van der Waals surface area contributed by atoms with Crippen molar-refractivity contribution in [2.24, 2.45) is 4.99 Å². The number of hydrogen-bond donors (Lipinski definition) is 1. The number of fused-ring (bicyclic) bond motifs is 1. The molecule has 1 atom stereocenters. The van der Waals surface area contributed by atoms with Crippen LogP contribution in [-0.2, 0) is 0 Å². The molecule has 0 spiro atoms. The molecule has 2 aliphatic rings. The molecule has 1 fully saturated rings. The Balaban J connectivity index is 1.76. The third kappa shape index (κ3) is 3.32. The van der Waals surface area contributed by atoms with Crippen molar-refractivity contribution in [1.29, 1.82) is 0 Å². The molecular weight excluding hydrogens is 332 g/mol. The minimum absolute atomic E-state index is 0.00494. The quantitative estimate of drug-likeness (QED) is 0.845. The first-order valence-electron chi connectivity index (χ1n) is 9.20. The molecule has 2 aromatic rings. The van der Waals surface area contributed by atoms with Gasteiger partial charge in [0.05, 0.1) is 21.9 Å². The van der Waals surface area contributed by atoms with E-state index < -0.39 is 0 Å². The lowest BCUT2D eigenvalue weighted by Crippen LogP contribution is -2.15. The van der Waals surface area contributed by atoms with Crippen LogP contribution in [-0.4, -0.2) is 19.8 Å². The van der Waals surface area contributed by atoms with E-state index in [1.807, 2.05) is 25.3 Å². The van der Waals surface area contributed by atoms with Gasteiger partial charge in [0, 0.05) is 12.4 Å². The van der Waals surface area contributed by atoms with E-state index in [1.54, 1.807) is 18.0 Å². The highest BCUT2D eigenvalue weighted by molar-refractivity contribution is 8.14. The van der Waals surface area contributed by atoms with E-state index in [1.165, 1.54) is 32.1 Å². The number of H-pyrrole nitrogens is 1. The van der Waals surface area contributed by atoms with Crippen LogP contribution in [0.15, 0.2) is 34.3 Å². The van der Waals surface area contributed by atoms with Crippen LogP contribution in [0.2, 0.25) is 0 Å². The molecule has 5 nitrogen and oxygen atoms in total. The van der Waals surface area contributed by atoms with E-state index in [2.05, 4.69) is 14.8 Å². The highest BCUT2D eigenvalue weighted by atomic mass is 32.2. The van der Waals surface area contributed by atoms with Crippen molar-refractivity contribution in [3.8, 4) is 0 Å². The highest BCUT2D eigenvalue weighted by Gasteiger charge is 2.31. The topological polar surface area (TPSA) is 63.0 Å². The fourth-order valence-corrected chi connectivity index (χ4v) is 5.02. The molecule has 3 heterocycles. The normalized spacial score (nSPS) is 22.0. The molecular formula is C19H24N4OS. The van der Waals surface area contributed by atoms with Gasteiger partial charge >= 0.3 is 0 Å². The van der Waals surface area contributed by atoms with Crippen LogP contribution in [0.25, 0.3) is 0 Å².